The summed E-state index contributed by atoms with van der Waals surface area (Å²) >= 11 is 1.66. The molecule has 0 amide bonds. The molecule has 0 bridgehead atoms. The molecular weight excluding hydrogens is 248 g/mol. The number of rotatable bonds is 10. The number of nitrogens with one attached hydrogen (secondary N) is 1. The van der Waals surface area contributed by atoms with Crippen LogP contribution in [0, 0.1) is 13.8 Å². The summed E-state index contributed by atoms with van der Waals surface area (Å²) in [5, 5.41) is 4.19. The third-order valence-corrected chi connectivity index (χ3v) is 3.44. The molecule has 0 unspecified atom stereocenters. The van der Waals surface area contributed by atoms with Crippen molar-refractivity contribution in [2.24, 2.45) is 0 Å². The first-order chi connectivity index (χ1) is 8.74. The Kier molecular flexibility index (Phi) is 8.13. The molecule has 4 nitrogen and oxygen atoms in total. The van der Waals surface area contributed by atoms with Gasteiger partial charge in [-0.15, -0.1) is 0 Å². The lowest BCUT2D eigenvalue weighted by atomic mass is 10.3. The number of hydrogen-bond donors (Lipinski definition) is 1. The predicted molar refractivity (Wildman–Crippen MR) is 75.3 cm³/mol. The second kappa shape index (κ2) is 9.42. The van der Waals surface area contributed by atoms with Gasteiger partial charge < -0.3 is 14.5 Å². The Labute approximate surface area is 114 Å². The topological polar surface area (TPSA) is 47.3 Å². The van der Waals surface area contributed by atoms with Gasteiger partial charge in [0.25, 0.3) is 5.22 Å². The number of aromatic nitrogens is 1. The molecule has 0 aliphatic rings. The Bertz CT molecular complexity index is 309. The molecule has 1 rings (SSSR count). The molecule has 1 aromatic heterocycles. The van der Waals surface area contributed by atoms with Crippen LogP contribution in [-0.2, 0) is 4.74 Å². The van der Waals surface area contributed by atoms with Crippen molar-refractivity contribution in [3.05, 3.63) is 11.5 Å². The van der Waals surface area contributed by atoms with Gasteiger partial charge in [0.2, 0.25) is 0 Å². The van der Waals surface area contributed by atoms with E-state index in [-0.39, 0.29) is 0 Å². The van der Waals surface area contributed by atoms with Crippen molar-refractivity contribution in [3.8, 4) is 0 Å². The van der Waals surface area contributed by atoms with E-state index in [1.54, 1.807) is 11.8 Å². The van der Waals surface area contributed by atoms with Crippen LogP contribution in [0.4, 0.5) is 0 Å². The zero-order chi connectivity index (χ0) is 13.2. The molecule has 5 heteroatoms. The van der Waals surface area contributed by atoms with Crippen LogP contribution >= 0.6 is 11.8 Å². The molecule has 0 aliphatic carbocycles. The van der Waals surface area contributed by atoms with Crippen LogP contribution in [0.5, 0.6) is 0 Å². The molecule has 18 heavy (non-hydrogen) atoms. The molecule has 0 saturated carbocycles. The predicted octanol–water partition coefficient (Wildman–Crippen LogP) is 2.79. The van der Waals surface area contributed by atoms with Crippen molar-refractivity contribution >= 4 is 11.8 Å². The third kappa shape index (κ3) is 6.42. The van der Waals surface area contributed by atoms with Gasteiger partial charge in [-0.2, -0.15) is 0 Å². The summed E-state index contributed by atoms with van der Waals surface area (Å²) in [6, 6.07) is 0. The van der Waals surface area contributed by atoms with Gasteiger partial charge in [0.1, 0.15) is 5.76 Å². The standard InChI is InChI=1S/C13H24N2O2S/c1-4-16-9-6-5-7-14-8-10-18-13-15-11(2)12(3)17-13/h14H,4-10H2,1-3H3. The largest absolute Gasteiger partial charge is 0.437 e. The first-order valence-electron chi connectivity index (χ1n) is 6.59. The molecule has 1 aromatic rings. The lowest BCUT2D eigenvalue weighted by molar-refractivity contribution is 0.143. The summed E-state index contributed by atoms with van der Waals surface area (Å²) < 4.78 is 10.8. The fraction of sp³-hybridized carbons (Fsp3) is 0.769. The Morgan fingerprint density at radius 1 is 1.28 bits per heavy atom. The van der Waals surface area contributed by atoms with E-state index in [1.807, 2.05) is 20.8 Å². The number of aryl methyl sites for hydroxylation is 2. The monoisotopic (exact) mass is 272 g/mol. The molecule has 0 aromatic carbocycles. The van der Waals surface area contributed by atoms with E-state index in [0.717, 1.165) is 55.2 Å². The van der Waals surface area contributed by atoms with Crippen molar-refractivity contribution < 1.29 is 9.15 Å². The Hall–Kier alpha value is -0.520. The summed E-state index contributed by atoms with van der Waals surface area (Å²) in [7, 11) is 0. The smallest absolute Gasteiger partial charge is 0.256 e. The molecule has 0 spiro atoms. The van der Waals surface area contributed by atoms with Crippen LogP contribution < -0.4 is 5.32 Å². The number of oxazole rings is 1. The summed E-state index contributed by atoms with van der Waals surface area (Å²) in [5.74, 6) is 1.91. The van der Waals surface area contributed by atoms with Gasteiger partial charge >= 0.3 is 0 Å². The maximum absolute atomic E-state index is 5.49. The average molecular weight is 272 g/mol. The number of hydrogen-bond acceptors (Lipinski definition) is 5. The third-order valence-electron chi connectivity index (χ3n) is 2.61. The van der Waals surface area contributed by atoms with E-state index in [0.29, 0.717) is 0 Å². The molecule has 1 heterocycles. The quantitative estimate of drug-likeness (QED) is 0.524. The minimum Gasteiger partial charge on any atom is -0.437 e. The normalized spacial score (nSPS) is 11.1. The van der Waals surface area contributed by atoms with Crippen LogP contribution in [0.3, 0.4) is 0 Å². The highest BCUT2D eigenvalue weighted by Gasteiger charge is 2.04. The number of thioether (sulfide) groups is 1. The lowest BCUT2D eigenvalue weighted by Gasteiger charge is -2.03. The maximum atomic E-state index is 5.49. The van der Waals surface area contributed by atoms with Crippen LogP contribution in [0.15, 0.2) is 9.64 Å². The molecule has 0 aliphatic heterocycles. The van der Waals surface area contributed by atoms with Crippen LogP contribution in [0.2, 0.25) is 0 Å². The lowest BCUT2D eigenvalue weighted by Crippen LogP contribution is -2.18. The van der Waals surface area contributed by atoms with Gasteiger partial charge in [-0.1, -0.05) is 11.8 Å². The first kappa shape index (κ1) is 15.5. The van der Waals surface area contributed by atoms with Gasteiger partial charge in [-0.05, 0) is 40.2 Å². The first-order valence-corrected chi connectivity index (χ1v) is 7.58. The van der Waals surface area contributed by atoms with E-state index in [4.69, 9.17) is 9.15 Å². The van der Waals surface area contributed by atoms with Gasteiger partial charge in [0, 0.05) is 25.5 Å². The maximum Gasteiger partial charge on any atom is 0.256 e. The second-order valence-electron chi connectivity index (χ2n) is 4.12. The molecular formula is C13H24N2O2S. The zero-order valence-electron chi connectivity index (χ0n) is 11.6. The Morgan fingerprint density at radius 2 is 2.11 bits per heavy atom. The van der Waals surface area contributed by atoms with Crippen LogP contribution in [-0.4, -0.2) is 37.0 Å². The fourth-order valence-electron chi connectivity index (χ4n) is 1.44. The Balaban J connectivity index is 1.92. The van der Waals surface area contributed by atoms with E-state index < -0.39 is 0 Å². The highest BCUT2D eigenvalue weighted by atomic mass is 32.2. The van der Waals surface area contributed by atoms with E-state index in [9.17, 15) is 0 Å². The minimum atomic E-state index is 0.781. The van der Waals surface area contributed by atoms with Crippen molar-refractivity contribution in [2.45, 2.75) is 38.8 Å². The number of ether oxygens (including phenoxy) is 1. The zero-order valence-corrected chi connectivity index (χ0v) is 12.4. The molecule has 104 valence electrons. The van der Waals surface area contributed by atoms with Crippen molar-refractivity contribution in [2.75, 3.05) is 32.1 Å². The van der Waals surface area contributed by atoms with Crippen LogP contribution in [0.1, 0.15) is 31.2 Å². The number of nitrogens with zero attached hydrogens (tertiary/aromatic N) is 1. The fourth-order valence-corrected chi connectivity index (χ4v) is 2.25. The van der Waals surface area contributed by atoms with E-state index >= 15 is 0 Å². The number of unbranched alkanes of at least 4 members (excludes halogenated alkanes) is 1. The second-order valence-corrected chi connectivity index (χ2v) is 5.17. The summed E-state index contributed by atoms with van der Waals surface area (Å²) in [4.78, 5) is 4.33. The van der Waals surface area contributed by atoms with Gasteiger partial charge in [0.15, 0.2) is 0 Å². The van der Waals surface area contributed by atoms with Crippen molar-refractivity contribution in [3.63, 3.8) is 0 Å². The highest BCUT2D eigenvalue weighted by Crippen LogP contribution is 2.19. The van der Waals surface area contributed by atoms with E-state index in [2.05, 4.69) is 10.3 Å². The molecule has 0 fully saturated rings. The molecule has 0 atom stereocenters. The summed E-state index contributed by atoms with van der Waals surface area (Å²) in [5.41, 5.74) is 0.987. The molecule has 1 N–H and O–H groups in total. The van der Waals surface area contributed by atoms with Gasteiger partial charge in [-0.25, -0.2) is 4.98 Å². The molecule has 0 saturated heterocycles. The SMILES string of the molecule is CCOCCCCNCCSc1nc(C)c(C)o1. The highest BCUT2D eigenvalue weighted by molar-refractivity contribution is 7.99. The summed E-state index contributed by atoms with van der Waals surface area (Å²) in [6.45, 7) is 9.68. The van der Waals surface area contributed by atoms with Gasteiger partial charge in [0.05, 0.1) is 5.69 Å². The van der Waals surface area contributed by atoms with Crippen molar-refractivity contribution in [1.29, 1.82) is 0 Å². The molecule has 0 radical (unpaired) electrons. The summed E-state index contributed by atoms with van der Waals surface area (Å²) in [6.07, 6.45) is 2.30. The average Bonchev–Trinajstić information content (AvgIpc) is 2.67. The van der Waals surface area contributed by atoms with Gasteiger partial charge in [-0.3, -0.25) is 0 Å². The minimum absolute atomic E-state index is 0.781. The van der Waals surface area contributed by atoms with Crippen molar-refractivity contribution in [1.82, 2.24) is 10.3 Å². The van der Waals surface area contributed by atoms with E-state index in [1.165, 1.54) is 6.42 Å². The Morgan fingerprint density at radius 3 is 2.78 bits per heavy atom. The van der Waals surface area contributed by atoms with Crippen LogP contribution in [0.25, 0.3) is 0 Å².